The molecule has 1 fully saturated rings. The number of aryl methyl sites for hydroxylation is 2. The zero-order chi connectivity index (χ0) is 13.6. The summed E-state index contributed by atoms with van der Waals surface area (Å²) in [6.45, 7) is 11.2. The molecule has 1 saturated heterocycles. The van der Waals surface area contributed by atoms with Gasteiger partial charge in [0, 0.05) is 25.2 Å². The molecule has 0 unspecified atom stereocenters. The second-order valence-electron chi connectivity index (χ2n) is 6.05. The average molecular weight is 257 g/mol. The molecule has 2 aromatic rings. The molecule has 0 radical (unpaired) electrons. The SMILES string of the molecule is Cc1ccc2nc(C)n([C@@H]3CCN(C(C)C)C3)c2c1. The fourth-order valence-electron chi connectivity index (χ4n) is 3.23. The number of hydrogen-bond donors (Lipinski definition) is 0. The van der Waals surface area contributed by atoms with Gasteiger partial charge in [-0.3, -0.25) is 4.90 Å². The molecule has 0 spiro atoms. The van der Waals surface area contributed by atoms with Gasteiger partial charge in [0.2, 0.25) is 0 Å². The van der Waals surface area contributed by atoms with Crippen LogP contribution in [0.5, 0.6) is 0 Å². The van der Waals surface area contributed by atoms with Crippen LogP contribution in [0.4, 0.5) is 0 Å². The molecule has 0 N–H and O–H groups in total. The number of benzene rings is 1. The summed E-state index contributed by atoms with van der Waals surface area (Å²) in [7, 11) is 0. The van der Waals surface area contributed by atoms with Crippen LogP contribution < -0.4 is 0 Å². The van der Waals surface area contributed by atoms with Crippen molar-refractivity contribution in [2.75, 3.05) is 13.1 Å². The minimum atomic E-state index is 0.578. The average Bonchev–Trinajstić information content (AvgIpc) is 2.92. The smallest absolute Gasteiger partial charge is 0.107 e. The van der Waals surface area contributed by atoms with E-state index in [1.54, 1.807) is 0 Å². The maximum absolute atomic E-state index is 4.71. The lowest BCUT2D eigenvalue weighted by atomic mass is 10.2. The molecule has 0 saturated carbocycles. The standard InChI is InChI=1S/C16H23N3/c1-11(2)18-8-7-14(10-18)19-13(4)17-15-6-5-12(3)9-16(15)19/h5-6,9,11,14H,7-8,10H2,1-4H3/t14-/m1/s1. The van der Waals surface area contributed by atoms with Crippen molar-refractivity contribution in [3.05, 3.63) is 29.6 Å². The Morgan fingerprint density at radius 1 is 1.26 bits per heavy atom. The Kier molecular flexibility index (Phi) is 3.09. The minimum Gasteiger partial charge on any atom is -0.324 e. The van der Waals surface area contributed by atoms with Gasteiger partial charge in [0.15, 0.2) is 0 Å². The summed E-state index contributed by atoms with van der Waals surface area (Å²) in [6.07, 6.45) is 1.23. The first-order valence-electron chi connectivity index (χ1n) is 7.25. The maximum atomic E-state index is 4.71. The van der Waals surface area contributed by atoms with Gasteiger partial charge in [-0.05, 0) is 51.8 Å². The van der Waals surface area contributed by atoms with Crippen molar-refractivity contribution in [3.63, 3.8) is 0 Å². The van der Waals surface area contributed by atoms with E-state index in [1.807, 2.05) is 0 Å². The van der Waals surface area contributed by atoms with E-state index in [9.17, 15) is 0 Å². The van der Waals surface area contributed by atoms with Gasteiger partial charge in [-0.2, -0.15) is 0 Å². The molecular weight excluding hydrogens is 234 g/mol. The van der Waals surface area contributed by atoms with Crippen LogP contribution in [0, 0.1) is 13.8 Å². The molecule has 3 nitrogen and oxygen atoms in total. The molecule has 1 aliphatic rings. The molecule has 1 aliphatic heterocycles. The van der Waals surface area contributed by atoms with Gasteiger partial charge in [-0.1, -0.05) is 6.07 Å². The number of fused-ring (bicyclic) bond motifs is 1. The lowest BCUT2D eigenvalue weighted by Crippen LogP contribution is -2.28. The van der Waals surface area contributed by atoms with E-state index in [2.05, 4.69) is 55.4 Å². The highest BCUT2D eigenvalue weighted by Crippen LogP contribution is 2.29. The highest BCUT2D eigenvalue weighted by Gasteiger charge is 2.27. The lowest BCUT2D eigenvalue weighted by molar-refractivity contribution is 0.265. The number of nitrogens with zero attached hydrogens (tertiary/aromatic N) is 3. The Morgan fingerprint density at radius 3 is 2.74 bits per heavy atom. The molecule has 19 heavy (non-hydrogen) atoms. The Morgan fingerprint density at radius 2 is 2.05 bits per heavy atom. The van der Waals surface area contributed by atoms with Crippen LogP contribution in [0.2, 0.25) is 0 Å². The number of rotatable bonds is 2. The minimum absolute atomic E-state index is 0.578. The largest absolute Gasteiger partial charge is 0.324 e. The summed E-state index contributed by atoms with van der Waals surface area (Å²) in [4.78, 5) is 7.27. The molecule has 1 aromatic carbocycles. The molecule has 3 heteroatoms. The maximum Gasteiger partial charge on any atom is 0.107 e. The van der Waals surface area contributed by atoms with Crippen LogP contribution in [0.3, 0.4) is 0 Å². The van der Waals surface area contributed by atoms with Crippen LogP contribution in [0.1, 0.15) is 37.7 Å². The highest BCUT2D eigenvalue weighted by atomic mass is 15.2. The number of aromatic nitrogens is 2. The van der Waals surface area contributed by atoms with Crippen molar-refractivity contribution in [2.24, 2.45) is 0 Å². The molecule has 0 aliphatic carbocycles. The summed E-state index contributed by atoms with van der Waals surface area (Å²) in [6, 6.07) is 7.78. The summed E-state index contributed by atoms with van der Waals surface area (Å²) in [5.74, 6) is 1.15. The Labute approximate surface area is 115 Å². The third-order valence-electron chi connectivity index (χ3n) is 4.31. The Hall–Kier alpha value is -1.35. The van der Waals surface area contributed by atoms with Crippen molar-refractivity contribution >= 4 is 11.0 Å². The summed E-state index contributed by atoms with van der Waals surface area (Å²) >= 11 is 0. The van der Waals surface area contributed by atoms with Crippen LogP contribution in [0.15, 0.2) is 18.2 Å². The first kappa shape index (κ1) is 12.7. The van der Waals surface area contributed by atoms with Crippen molar-refractivity contribution < 1.29 is 0 Å². The van der Waals surface area contributed by atoms with Crippen molar-refractivity contribution in [1.82, 2.24) is 14.5 Å². The molecule has 0 amide bonds. The van der Waals surface area contributed by atoms with Crippen molar-refractivity contribution in [1.29, 1.82) is 0 Å². The molecular formula is C16H23N3. The predicted molar refractivity (Wildman–Crippen MR) is 79.6 cm³/mol. The Balaban J connectivity index is 2.01. The van der Waals surface area contributed by atoms with Crippen LogP contribution in [-0.4, -0.2) is 33.6 Å². The van der Waals surface area contributed by atoms with E-state index in [0.29, 0.717) is 12.1 Å². The fourth-order valence-corrected chi connectivity index (χ4v) is 3.23. The summed E-state index contributed by atoms with van der Waals surface area (Å²) in [5, 5.41) is 0. The van der Waals surface area contributed by atoms with Gasteiger partial charge in [0.25, 0.3) is 0 Å². The normalized spacial score (nSPS) is 20.8. The van der Waals surface area contributed by atoms with Gasteiger partial charge in [-0.25, -0.2) is 4.98 Å². The van der Waals surface area contributed by atoms with Gasteiger partial charge in [0.05, 0.1) is 11.0 Å². The van der Waals surface area contributed by atoms with E-state index in [-0.39, 0.29) is 0 Å². The second kappa shape index (κ2) is 4.64. The monoisotopic (exact) mass is 257 g/mol. The van der Waals surface area contributed by atoms with Gasteiger partial charge in [-0.15, -0.1) is 0 Å². The van der Waals surface area contributed by atoms with Gasteiger partial charge in [0.1, 0.15) is 5.82 Å². The third-order valence-corrected chi connectivity index (χ3v) is 4.31. The van der Waals surface area contributed by atoms with Gasteiger partial charge >= 0.3 is 0 Å². The van der Waals surface area contributed by atoms with Crippen molar-refractivity contribution in [2.45, 2.75) is 46.2 Å². The number of hydrogen-bond acceptors (Lipinski definition) is 2. The van der Waals surface area contributed by atoms with E-state index in [4.69, 9.17) is 4.98 Å². The van der Waals surface area contributed by atoms with Crippen LogP contribution in [-0.2, 0) is 0 Å². The zero-order valence-corrected chi connectivity index (χ0v) is 12.3. The topological polar surface area (TPSA) is 21.1 Å². The number of imidazole rings is 1. The summed E-state index contributed by atoms with van der Waals surface area (Å²) in [5.41, 5.74) is 3.74. The fraction of sp³-hybridized carbons (Fsp3) is 0.562. The molecule has 0 bridgehead atoms. The Bertz CT molecular complexity index is 597. The second-order valence-corrected chi connectivity index (χ2v) is 6.05. The molecule has 1 aromatic heterocycles. The van der Waals surface area contributed by atoms with E-state index in [1.165, 1.54) is 24.0 Å². The zero-order valence-electron chi connectivity index (χ0n) is 12.3. The first-order chi connectivity index (χ1) is 9.06. The van der Waals surface area contributed by atoms with E-state index >= 15 is 0 Å². The van der Waals surface area contributed by atoms with E-state index < -0.39 is 0 Å². The van der Waals surface area contributed by atoms with Gasteiger partial charge < -0.3 is 4.57 Å². The van der Waals surface area contributed by atoms with Crippen LogP contribution >= 0.6 is 0 Å². The highest BCUT2D eigenvalue weighted by molar-refractivity contribution is 5.77. The summed E-state index contributed by atoms with van der Waals surface area (Å²) < 4.78 is 2.45. The van der Waals surface area contributed by atoms with Crippen LogP contribution in [0.25, 0.3) is 11.0 Å². The molecule has 1 atom stereocenters. The lowest BCUT2D eigenvalue weighted by Gasteiger charge is -2.21. The first-order valence-corrected chi connectivity index (χ1v) is 7.25. The quantitative estimate of drug-likeness (QED) is 0.823. The van der Waals surface area contributed by atoms with Crippen molar-refractivity contribution in [3.8, 4) is 0 Å². The molecule has 2 heterocycles. The molecule has 3 rings (SSSR count). The predicted octanol–water partition coefficient (Wildman–Crippen LogP) is 3.31. The third kappa shape index (κ3) is 2.16. The molecule has 102 valence electrons. The number of likely N-dealkylation sites (tertiary alicyclic amines) is 1. The van der Waals surface area contributed by atoms with E-state index in [0.717, 1.165) is 17.9 Å².